The highest BCUT2D eigenvalue weighted by atomic mass is 16.5. The van der Waals surface area contributed by atoms with Gasteiger partial charge in [0.1, 0.15) is 23.0 Å². The molecule has 1 saturated heterocycles. The number of aliphatic hydroxyl groups excluding tert-OH is 1. The number of benzene rings is 3. The number of amides is 1. The fourth-order valence-corrected chi connectivity index (χ4v) is 4.75. The van der Waals surface area contributed by atoms with E-state index in [0.717, 1.165) is 0 Å². The summed E-state index contributed by atoms with van der Waals surface area (Å²) >= 11 is 0. The molecule has 1 aliphatic heterocycles. The molecule has 1 aliphatic rings. The maximum atomic E-state index is 13.6. The molecule has 2 N–H and O–H groups in total. The summed E-state index contributed by atoms with van der Waals surface area (Å²) in [6, 6.07) is 15.7. The number of hydrogen-bond donors (Lipinski definition) is 2. The van der Waals surface area contributed by atoms with E-state index in [-0.39, 0.29) is 34.9 Å². The number of carbonyl (C=O) groups excluding carboxylic acids is 2. The van der Waals surface area contributed by atoms with Gasteiger partial charge >= 0.3 is 0 Å². The van der Waals surface area contributed by atoms with Crippen molar-refractivity contribution in [3.05, 3.63) is 82.9 Å². The van der Waals surface area contributed by atoms with Crippen molar-refractivity contribution >= 4 is 17.4 Å². The molecule has 4 rings (SSSR count). The molecule has 1 unspecified atom stereocenters. The number of aromatic hydroxyl groups is 1. The van der Waals surface area contributed by atoms with E-state index in [2.05, 4.69) is 0 Å². The highest BCUT2D eigenvalue weighted by molar-refractivity contribution is 6.46. The van der Waals surface area contributed by atoms with Gasteiger partial charge in [0, 0.05) is 11.6 Å². The molecule has 0 radical (unpaired) electrons. The third kappa shape index (κ3) is 5.54. The number of Topliss-reactive ketones (excluding diaryl/α,β-unsaturated/α-hetero) is 1. The standard InChI is InChI=1S/C31H33NO8/c1-5-38-21-13-14-22(25(17-21)39-6-2)29(34)27-28(19-12-15-23(33)26(16-19)40-7-3)32(31(36)30(27)35)18-20-10-8-9-11-24(20)37-4/h8-17,28,33-34H,5-7,18H2,1-4H3/b29-27+. The molecule has 210 valence electrons. The Morgan fingerprint density at radius 1 is 0.850 bits per heavy atom. The van der Waals surface area contributed by atoms with E-state index in [1.807, 2.05) is 19.1 Å². The number of aliphatic hydroxyl groups is 1. The maximum Gasteiger partial charge on any atom is 0.295 e. The molecule has 40 heavy (non-hydrogen) atoms. The monoisotopic (exact) mass is 547 g/mol. The minimum Gasteiger partial charge on any atom is -0.507 e. The van der Waals surface area contributed by atoms with E-state index in [0.29, 0.717) is 48.2 Å². The summed E-state index contributed by atoms with van der Waals surface area (Å²) in [5.74, 6) is -0.516. The Kier molecular flexibility index (Phi) is 8.83. The summed E-state index contributed by atoms with van der Waals surface area (Å²) in [6.07, 6.45) is 0. The first-order chi connectivity index (χ1) is 19.3. The van der Waals surface area contributed by atoms with Crippen molar-refractivity contribution in [2.75, 3.05) is 26.9 Å². The zero-order valence-electron chi connectivity index (χ0n) is 23.0. The Bertz CT molecular complexity index is 1430. The largest absolute Gasteiger partial charge is 0.507 e. The molecule has 3 aromatic carbocycles. The zero-order chi connectivity index (χ0) is 28.8. The number of likely N-dealkylation sites (tertiary alicyclic amines) is 1. The molecule has 1 heterocycles. The van der Waals surface area contributed by atoms with Gasteiger partial charge in [-0.25, -0.2) is 0 Å². The number of phenolic OH excluding ortho intramolecular Hbond substituents is 1. The fourth-order valence-electron chi connectivity index (χ4n) is 4.75. The van der Waals surface area contributed by atoms with Crippen LogP contribution in [0.2, 0.25) is 0 Å². The molecule has 9 heteroatoms. The lowest BCUT2D eigenvalue weighted by Gasteiger charge is -2.26. The number of para-hydroxylation sites is 1. The van der Waals surface area contributed by atoms with Crippen LogP contribution in [-0.4, -0.2) is 53.7 Å². The average molecular weight is 548 g/mol. The van der Waals surface area contributed by atoms with Gasteiger partial charge in [-0.15, -0.1) is 0 Å². The van der Waals surface area contributed by atoms with E-state index >= 15 is 0 Å². The van der Waals surface area contributed by atoms with Crippen molar-refractivity contribution in [3.63, 3.8) is 0 Å². The summed E-state index contributed by atoms with van der Waals surface area (Å²) in [4.78, 5) is 28.5. The summed E-state index contributed by atoms with van der Waals surface area (Å²) in [6.45, 7) is 6.50. The van der Waals surface area contributed by atoms with Crippen LogP contribution in [0.1, 0.15) is 43.5 Å². The van der Waals surface area contributed by atoms with Crippen molar-refractivity contribution < 1.29 is 38.7 Å². The van der Waals surface area contributed by atoms with Crippen molar-refractivity contribution in [2.45, 2.75) is 33.4 Å². The number of carbonyl (C=O) groups is 2. The molecule has 0 aliphatic carbocycles. The van der Waals surface area contributed by atoms with Gasteiger partial charge in [0.25, 0.3) is 11.7 Å². The van der Waals surface area contributed by atoms with Gasteiger partial charge in [0.15, 0.2) is 11.5 Å². The fraction of sp³-hybridized carbons (Fsp3) is 0.290. The zero-order valence-corrected chi connectivity index (χ0v) is 23.0. The SMILES string of the molecule is CCOc1ccc(/C(O)=C2\C(=O)C(=O)N(Cc3ccccc3OC)C2c2ccc(O)c(OCC)c2)c(OCC)c1. The van der Waals surface area contributed by atoms with E-state index in [4.69, 9.17) is 18.9 Å². The summed E-state index contributed by atoms with van der Waals surface area (Å²) in [5, 5.41) is 22.0. The Labute approximate surface area is 233 Å². The van der Waals surface area contributed by atoms with Crippen molar-refractivity contribution in [1.29, 1.82) is 0 Å². The molecule has 0 bridgehead atoms. The van der Waals surface area contributed by atoms with Crippen LogP contribution >= 0.6 is 0 Å². The average Bonchev–Trinajstić information content (AvgIpc) is 3.20. The number of hydrogen-bond acceptors (Lipinski definition) is 8. The number of methoxy groups -OCH3 is 1. The Hall–Kier alpha value is -4.66. The molecule has 0 spiro atoms. The quantitative estimate of drug-likeness (QED) is 0.191. The number of ether oxygens (including phenoxy) is 4. The minimum atomic E-state index is -0.995. The van der Waals surface area contributed by atoms with Crippen LogP contribution in [0, 0.1) is 0 Å². The van der Waals surface area contributed by atoms with Crippen molar-refractivity contribution in [2.24, 2.45) is 0 Å². The predicted molar refractivity (Wildman–Crippen MR) is 149 cm³/mol. The summed E-state index contributed by atoms with van der Waals surface area (Å²) < 4.78 is 22.4. The molecular weight excluding hydrogens is 514 g/mol. The highest BCUT2D eigenvalue weighted by Gasteiger charge is 2.46. The van der Waals surface area contributed by atoms with Crippen LogP contribution in [0.25, 0.3) is 5.76 Å². The molecule has 0 saturated carbocycles. The van der Waals surface area contributed by atoms with Gasteiger partial charge in [0.05, 0.1) is 50.7 Å². The van der Waals surface area contributed by atoms with Gasteiger partial charge in [-0.1, -0.05) is 24.3 Å². The molecule has 1 fully saturated rings. The minimum absolute atomic E-state index is 0.0302. The van der Waals surface area contributed by atoms with Crippen LogP contribution in [0.15, 0.2) is 66.2 Å². The van der Waals surface area contributed by atoms with E-state index < -0.39 is 17.7 Å². The number of phenols is 1. The van der Waals surface area contributed by atoms with E-state index in [1.54, 1.807) is 56.3 Å². The first kappa shape index (κ1) is 28.4. The lowest BCUT2D eigenvalue weighted by Crippen LogP contribution is -2.29. The van der Waals surface area contributed by atoms with Gasteiger partial charge < -0.3 is 34.1 Å². The summed E-state index contributed by atoms with van der Waals surface area (Å²) in [5.41, 5.74) is 1.28. The van der Waals surface area contributed by atoms with Gasteiger partial charge in [-0.05, 0) is 56.7 Å². The Morgan fingerprint density at radius 2 is 1.55 bits per heavy atom. The Morgan fingerprint density at radius 3 is 2.25 bits per heavy atom. The Balaban J connectivity index is 1.92. The smallest absolute Gasteiger partial charge is 0.295 e. The van der Waals surface area contributed by atoms with Gasteiger partial charge in [-0.3, -0.25) is 9.59 Å². The second kappa shape index (κ2) is 12.5. The van der Waals surface area contributed by atoms with E-state index in [1.165, 1.54) is 18.1 Å². The van der Waals surface area contributed by atoms with Crippen molar-refractivity contribution in [3.8, 4) is 28.7 Å². The van der Waals surface area contributed by atoms with Gasteiger partial charge in [0.2, 0.25) is 0 Å². The predicted octanol–water partition coefficient (Wildman–Crippen LogP) is 5.22. The lowest BCUT2D eigenvalue weighted by molar-refractivity contribution is -0.140. The molecule has 1 atom stereocenters. The van der Waals surface area contributed by atoms with E-state index in [9.17, 15) is 19.8 Å². The number of rotatable bonds is 11. The third-order valence-corrected chi connectivity index (χ3v) is 6.49. The number of nitrogens with zero attached hydrogens (tertiary/aromatic N) is 1. The maximum absolute atomic E-state index is 13.6. The molecule has 0 aromatic heterocycles. The van der Waals surface area contributed by atoms with Crippen LogP contribution < -0.4 is 18.9 Å². The molecule has 3 aromatic rings. The lowest BCUT2D eigenvalue weighted by atomic mass is 9.94. The first-order valence-corrected chi connectivity index (χ1v) is 13.1. The molecular formula is C31H33NO8. The summed E-state index contributed by atoms with van der Waals surface area (Å²) in [7, 11) is 1.53. The third-order valence-electron chi connectivity index (χ3n) is 6.49. The normalized spacial score (nSPS) is 16.2. The molecule has 9 nitrogen and oxygen atoms in total. The van der Waals surface area contributed by atoms with Crippen molar-refractivity contribution in [1.82, 2.24) is 4.90 Å². The second-order valence-corrected chi connectivity index (χ2v) is 8.92. The topological polar surface area (TPSA) is 115 Å². The van der Waals surface area contributed by atoms with Gasteiger partial charge in [-0.2, -0.15) is 0 Å². The van der Waals surface area contributed by atoms with Crippen LogP contribution in [0.3, 0.4) is 0 Å². The van der Waals surface area contributed by atoms with Crippen LogP contribution in [0.4, 0.5) is 0 Å². The first-order valence-electron chi connectivity index (χ1n) is 13.1. The van der Waals surface area contributed by atoms with Crippen LogP contribution in [-0.2, 0) is 16.1 Å². The number of ketones is 1. The van der Waals surface area contributed by atoms with Crippen LogP contribution in [0.5, 0.6) is 28.7 Å². The molecule has 1 amide bonds. The second-order valence-electron chi connectivity index (χ2n) is 8.92. The highest BCUT2D eigenvalue weighted by Crippen LogP contribution is 2.44.